The number of halogens is 1. The monoisotopic (exact) mass is 394 g/mol. The molecule has 0 spiro atoms. The van der Waals surface area contributed by atoms with Gasteiger partial charge in [-0.25, -0.2) is 9.37 Å². The molecular formula is C22H23FN4O2. The molecule has 1 aliphatic heterocycles. The third-order valence-corrected chi connectivity index (χ3v) is 5.62. The number of pyridine rings is 1. The van der Waals surface area contributed by atoms with Gasteiger partial charge in [0.2, 0.25) is 5.91 Å². The van der Waals surface area contributed by atoms with Crippen molar-refractivity contribution in [2.75, 3.05) is 13.1 Å². The molecule has 0 saturated carbocycles. The summed E-state index contributed by atoms with van der Waals surface area (Å²) >= 11 is 0. The Morgan fingerprint density at radius 2 is 2.00 bits per heavy atom. The van der Waals surface area contributed by atoms with Gasteiger partial charge in [-0.15, -0.1) is 0 Å². The molecule has 0 aliphatic carbocycles. The van der Waals surface area contributed by atoms with Gasteiger partial charge >= 0.3 is 0 Å². The lowest BCUT2D eigenvalue weighted by molar-refractivity contribution is -0.133. The Kier molecular flexibility index (Phi) is 4.41. The molecule has 3 aromatic rings. The van der Waals surface area contributed by atoms with Gasteiger partial charge in [-0.1, -0.05) is 12.1 Å². The largest absolute Gasteiger partial charge is 0.352 e. The number of fused-ring (bicyclic) bond motifs is 1. The van der Waals surface area contributed by atoms with Crippen LogP contribution in [0, 0.1) is 12.7 Å². The van der Waals surface area contributed by atoms with Crippen molar-refractivity contribution in [1.82, 2.24) is 19.8 Å². The first kappa shape index (κ1) is 19.1. The van der Waals surface area contributed by atoms with Crippen molar-refractivity contribution < 1.29 is 14.0 Å². The Morgan fingerprint density at radius 1 is 1.24 bits per heavy atom. The predicted octanol–water partition coefficient (Wildman–Crippen LogP) is 3.04. The van der Waals surface area contributed by atoms with E-state index < -0.39 is 5.54 Å². The number of rotatable bonds is 2. The topological polar surface area (TPSA) is 67.2 Å². The smallest absolute Gasteiger partial charge is 0.273 e. The van der Waals surface area contributed by atoms with Crippen LogP contribution in [0.5, 0.6) is 0 Å². The summed E-state index contributed by atoms with van der Waals surface area (Å²) in [6, 6.07) is 8.64. The van der Waals surface area contributed by atoms with Crippen LogP contribution in [0.25, 0.3) is 22.2 Å². The average molecular weight is 394 g/mol. The van der Waals surface area contributed by atoms with E-state index in [1.807, 2.05) is 29.9 Å². The van der Waals surface area contributed by atoms with Gasteiger partial charge in [-0.3, -0.25) is 9.59 Å². The van der Waals surface area contributed by atoms with E-state index in [4.69, 9.17) is 0 Å². The molecule has 150 valence electrons. The summed E-state index contributed by atoms with van der Waals surface area (Å²) in [4.78, 5) is 31.4. The molecule has 1 aromatic carbocycles. The molecule has 4 rings (SSSR count). The maximum absolute atomic E-state index is 14.0. The summed E-state index contributed by atoms with van der Waals surface area (Å²) < 4.78 is 15.9. The van der Waals surface area contributed by atoms with E-state index in [0.717, 1.165) is 16.5 Å². The van der Waals surface area contributed by atoms with E-state index >= 15 is 0 Å². The zero-order chi connectivity index (χ0) is 20.9. The van der Waals surface area contributed by atoms with Crippen LogP contribution in [0.4, 0.5) is 4.39 Å². The maximum atomic E-state index is 14.0. The maximum Gasteiger partial charge on any atom is 0.273 e. The van der Waals surface area contributed by atoms with Crippen molar-refractivity contribution in [2.45, 2.75) is 26.3 Å². The number of aromatic nitrogens is 2. The third-order valence-electron chi connectivity index (χ3n) is 5.62. The standard InChI is InChI=1S/C22H23FN4O2/c1-13-5-6-14(11-17(13)23)16-12-26(4)19-15(16)7-8-18(25-19)20(28)27-10-9-24-21(29)22(27,2)3/h5-8,11-12H,9-10H2,1-4H3,(H,24,29). The Balaban J connectivity index is 1.76. The summed E-state index contributed by atoms with van der Waals surface area (Å²) in [6.07, 6.45) is 1.88. The molecule has 3 heterocycles. The van der Waals surface area contributed by atoms with Crippen molar-refractivity contribution >= 4 is 22.8 Å². The molecular weight excluding hydrogens is 371 g/mol. The fourth-order valence-corrected chi connectivity index (χ4v) is 3.75. The summed E-state index contributed by atoms with van der Waals surface area (Å²) in [5.41, 5.74) is 2.17. The fourth-order valence-electron chi connectivity index (χ4n) is 3.75. The van der Waals surface area contributed by atoms with Crippen molar-refractivity contribution in [1.29, 1.82) is 0 Å². The minimum Gasteiger partial charge on any atom is -0.352 e. The number of benzene rings is 1. The normalized spacial score (nSPS) is 16.2. The summed E-state index contributed by atoms with van der Waals surface area (Å²) in [6.45, 7) is 6.03. The van der Waals surface area contributed by atoms with Crippen LogP contribution >= 0.6 is 0 Å². The molecule has 0 unspecified atom stereocenters. The minimum absolute atomic E-state index is 0.180. The molecule has 0 radical (unpaired) electrons. The highest BCUT2D eigenvalue weighted by Gasteiger charge is 2.41. The van der Waals surface area contributed by atoms with Crippen LogP contribution in [0.15, 0.2) is 36.5 Å². The second-order valence-electron chi connectivity index (χ2n) is 7.96. The van der Waals surface area contributed by atoms with Gasteiger partial charge in [0.15, 0.2) is 0 Å². The van der Waals surface area contributed by atoms with Gasteiger partial charge in [0.25, 0.3) is 5.91 Å². The Bertz CT molecular complexity index is 1150. The van der Waals surface area contributed by atoms with Crippen molar-refractivity contribution in [3.8, 4) is 11.1 Å². The number of carbonyl (C=O) groups is 2. The zero-order valence-electron chi connectivity index (χ0n) is 16.9. The molecule has 0 atom stereocenters. The fraction of sp³-hybridized carbons (Fsp3) is 0.318. The number of hydrogen-bond donors (Lipinski definition) is 1. The lowest BCUT2D eigenvalue weighted by Crippen LogP contribution is -2.63. The Hall–Kier alpha value is -3.22. The van der Waals surface area contributed by atoms with Gasteiger partial charge in [0, 0.05) is 37.3 Å². The van der Waals surface area contributed by atoms with E-state index in [0.29, 0.717) is 24.3 Å². The zero-order valence-corrected chi connectivity index (χ0v) is 16.9. The van der Waals surface area contributed by atoms with Gasteiger partial charge < -0.3 is 14.8 Å². The lowest BCUT2D eigenvalue weighted by Gasteiger charge is -2.40. The quantitative estimate of drug-likeness (QED) is 0.727. The number of aryl methyl sites for hydroxylation is 2. The molecule has 1 N–H and O–H groups in total. The van der Waals surface area contributed by atoms with E-state index in [-0.39, 0.29) is 23.3 Å². The molecule has 1 fully saturated rings. The highest BCUT2D eigenvalue weighted by atomic mass is 19.1. The van der Waals surface area contributed by atoms with Gasteiger partial charge in [0.1, 0.15) is 22.7 Å². The van der Waals surface area contributed by atoms with Gasteiger partial charge in [0.05, 0.1) is 0 Å². The lowest BCUT2D eigenvalue weighted by atomic mass is 9.98. The molecule has 0 bridgehead atoms. The van der Waals surface area contributed by atoms with E-state index in [1.54, 1.807) is 37.8 Å². The number of hydrogen-bond acceptors (Lipinski definition) is 3. The number of nitrogens with one attached hydrogen (secondary N) is 1. The SMILES string of the molecule is Cc1ccc(-c2cn(C)c3nc(C(=O)N4CCNC(=O)C4(C)C)ccc23)cc1F. The van der Waals surface area contributed by atoms with Crippen LogP contribution in [-0.2, 0) is 11.8 Å². The van der Waals surface area contributed by atoms with Crippen LogP contribution in [0.1, 0.15) is 29.9 Å². The third kappa shape index (κ3) is 3.06. The summed E-state index contributed by atoms with van der Waals surface area (Å²) in [5.74, 6) is -0.721. The Morgan fingerprint density at radius 3 is 2.72 bits per heavy atom. The molecule has 2 amide bonds. The molecule has 29 heavy (non-hydrogen) atoms. The minimum atomic E-state index is -0.940. The molecule has 2 aromatic heterocycles. The summed E-state index contributed by atoms with van der Waals surface area (Å²) in [7, 11) is 1.84. The number of carbonyl (C=O) groups excluding carboxylic acids is 2. The summed E-state index contributed by atoms with van der Waals surface area (Å²) in [5, 5.41) is 3.63. The molecule has 7 heteroatoms. The predicted molar refractivity (Wildman–Crippen MR) is 109 cm³/mol. The van der Waals surface area contributed by atoms with Crippen LogP contribution in [0.2, 0.25) is 0 Å². The molecule has 1 saturated heterocycles. The van der Waals surface area contributed by atoms with E-state index in [9.17, 15) is 14.0 Å². The van der Waals surface area contributed by atoms with E-state index in [1.165, 1.54) is 6.07 Å². The number of piperazine rings is 1. The van der Waals surface area contributed by atoms with Crippen LogP contribution in [-0.4, -0.2) is 44.9 Å². The highest BCUT2D eigenvalue weighted by Crippen LogP contribution is 2.31. The van der Waals surface area contributed by atoms with Crippen molar-refractivity contribution in [3.05, 3.63) is 53.6 Å². The first-order valence-corrected chi connectivity index (χ1v) is 9.53. The highest BCUT2D eigenvalue weighted by molar-refractivity contribution is 6.01. The Labute approximate surface area is 168 Å². The van der Waals surface area contributed by atoms with Gasteiger partial charge in [-0.05, 0) is 50.1 Å². The van der Waals surface area contributed by atoms with Gasteiger partial charge in [-0.2, -0.15) is 0 Å². The number of nitrogens with zero attached hydrogens (tertiary/aromatic N) is 3. The second-order valence-corrected chi connectivity index (χ2v) is 7.96. The number of amides is 2. The van der Waals surface area contributed by atoms with Crippen LogP contribution in [0.3, 0.4) is 0 Å². The first-order chi connectivity index (χ1) is 13.7. The molecule has 1 aliphatic rings. The van der Waals surface area contributed by atoms with Crippen molar-refractivity contribution in [2.24, 2.45) is 7.05 Å². The van der Waals surface area contributed by atoms with Crippen molar-refractivity contribution in [3.63, 3.8) is 0 Å². The van der Waals surface area contributed by atoms with E-state index in [2.05, 4.69) is 10.3 Å². The average Bonchev–Trinajstić information content (AvgIpc) is 3.02. The first-order valence-electron chi connectivity index (χ1n) is 9.53. The van der Waals surface area contributed by atoms with Crippen LogP contribution < -0.4 is 5.32 Å². The molecule has 6 nitrogen and oxygen atoms in total. The second kappa shape index (κ2) is 6.69.